The zero-order chi connectivity index (χ0) is 8.10. The van der Waals surface area contributed by atoms with Crippen LogP contribution < -0.4 is 0 Å². The van der Waals surface area contributed by atoms with Crippen molar-refractivity contribution in [2.24, 2.45) is 0 Å². The summed E-state index contributed by atoms with van der Waals surface area (Å²) in [5.41, 5.74) is 0.810. The lowest BCUT2D eigenvalue weighted by molar-refractivity contribution is -0.128. The van der Waals surface area contributed by atoms with Crippen molar-refractivity contribution in [3.05, 3.63) is 17.8 Å². The van der Waals surface area contributed by atoms with E-state index in [1.165, 1.54) is 0 Å². The Morgan fingerprint density at radius 1 is 1.75 bits per heavy atom. The zero-order valence-electron chi connectivity index (χ0n) is 6.82. The molecular formula is C7H9BNO3. The monoisotopic (exact) mass is 166 g/mol. The van der Waals surface area contributed by atoms with Crippen LogP contribution in [0.1, 0.15) is 11.6 Å². The molecule has 3 radical (unpaired) electrons. The van der Waals surface area contributed by atoms with Crippen LogP contribution in [0.2, 0.25) is 0 Å². The molecule has 0 N–H and O–H groups in total. The smallest absolute Gasteiger partial charge is 0.293 e. The van der Waals surface area contributed by atoms with Gasteiger partial charge in [-0.25, -0.2) is 4.98 Å². The lowest BCUT2D eigenvalue weighted by atomic mass is 10.4. The van der Waals surface area contributed by atoms with Gasteiger partial charge < -0.3 is 9.15 Å². The number of aryl methyl sites for hydroxylation is 1. The first-order valence-corrected chi connectivity index (χ1v) is 3.29. The molecule has 0 fully saturated rings. The number of carbonyl (C=O) groups excluding carboxylic acids is 1. The zero-order valence-corrected chi connectivity index (χ0v) is 6.82. The van der Waals surface area contributed by atoms with E-state index >= 15 is 0 Å². The van der Waals surface area contributed by atoms with Gasteiger partial charge in [0.05, 0.1) is 12.3 Å². The quantitative estimate of drug-likeness (QED) is 0.367. The number of rotatable bonds is 4. The summed E-state index contributed by atoms with van der Waals surface area (Å²) in [6.45, 7) is 2.55. The van der Waals surface area contributed by atoms with Gasteiger partial charge in [-0.3, -0.25) is 4.79 Å². The minimum Gasteiger partial charge on any atom is -0.467 e. The van der Waals surface area contributed by atoms with E-state index in [2.05, 4.69) is 9.72 Å². The van der Waals surface area contributed by atoms with E-state index < -0.39 is 0 Å². The summed E-state index contributed by atoms with van der Waals surface area (Å²) in [6.07, 6.45) is 2.17. The van der Waals surface area contributed by atoms with Crippen LogP contribution >= 0.6 is 0 Å². The van der Waals surface area contributed by atoms with Gasteiger partial charge in [0.2, 0.25) is 0 Å². The molecule has 0 atom stereocenters. The number of ether oxygens (including phenoxy) is 1. The number of hydrogen-bond donors (Lipinski definition) is 0. The van der Waals surface area contributed by atoms with Crippen molar-refractivity contribution in [1.29, 1.82) is 0 Å². The van der Waals surface area contributed by atoms with Crippen LogP contribution in [0.15, 0.2) is 10.7 Å². The Labute approximate surface area is 72.5 Å². The third kappa shape index (κ3) is 3.23. The van der Waals surface area contributed by atoms with E-state index in [9.17, 15) is 4.79 Å². The second kappa shape index (κ2) is 5.40. The van der Waals surface area contributed by atoms with Crippen molar-refractivity contribution in [2.45, 2.75) is 13.3 Å². The second-order valence-electron chi connectivity index (χ2n) is 2.07. The molecule has 0 spiro atoms. The molecule has 12 heavy (non-hydrogen) atoms. The molecule has 0 saturated heterocycles. The highest BCUT2D eigenvalue weighted by atomic mass is 16.5. The summed E-state index contributed by atoms with van der Waals surface area (Å²) in [7, 11) is 0. The van der Waals surface area contributed by atoms with Crippen LogP contribution in [-0.2, 0) is 16.0 Å². The third-order valence-corrected chi connectivity index (χ3v) is 1.21. The van der Waals surface area contributed by atoms with Gasteiger partial charge in [-0.05, 0) is 0 Å². The Kier molecular flexibility index (Phi) is 4.84. The Hall–Kier alpha value is -1.26. The average Bonchev–Trinajstić information content (AvgIpc) is 2.37. The molecule has 1 aromatic heterocycles. The summed E-state index contributed by atoms with van der Waals surface area (Å²) in [5, 5.41) is 0. The predicted octanol–water partition coefficient (Wildman–Crippen LogP) is 0.318. The maximum absolute atomic E-state index is 9.73. The minimum atomic E-state index is 0. The van der Waals surface area contributed by atoms with E-state index in [-0.39, 0.29) is 8.41 Å². The van der Waals surface area contributed by atoms with Crippen molar-refractivity contribution >= 4 is 14.9 Å². The summed E-state index contributed by atoms with van der Waals surface area (Å²) in [6, 6.07) is 0. The Bertz CT molecular complexity index is 236. The topological polar surface area (TPSA) is 52.3 Å². The molecule has 1 heterocycles. The number of oxazole rings is 1. The molecule has 0 aliphatic heterocycles. The SMILES string of the molecule is Cc1nc(CCOC=O)co1.[B]. The van der Waals surface area contributed by atoms with Gasteiger partial charge in [0, 0.05) is 21.8 Å². The van der Waals surface area contributed by atoms with Gasteiger partial charge in [-0.2, -0.15) is 0 Å². The second-order valence-corrected chi connectivity index (χ2v) is 2.07. The van der Waals surface area contributed by atoms with E-state index in [1.54, 1.807) is 13.2 Å². The van der Waals surface area contributed by atoms with Gasteiger partial charge in [0.25, 0.3) is 6.47 Å². The standard InChI is InChI=1S/C7H9NO3.B/c1-6-8-7(4-11-6)2-3-10-5-9;/h4-5H,2-3H2,1H3;. The van der Waals surface area contributed by atoms with Gasteiger partial charge in [-0.15, -0.1) is 0 Å². The molecular weight excluding hydrogens is 157 g/mol. The van der Waals surface area contributed by atoms with Crippen LogP contribution in [0.4, 0.5) is 0 Å². The summed E-state index contributed by atoms with van der Waals surface area (Å²) < 4.78 is 9.42. The maximum Gasteiger partial charge on any atom is 0.293 e. The van der Waals surface area contributed by atoms with E-state index in [4.69, 9.17) is 4.42 Å². The Morgan fingerprint density at radius 2 is 2.50 bits per heavy atom. The molecule has 1 rings (SSSR count). The molecule has 4 nitrogen and oxygen atoms in total. The van der Waals surface area contributed by atoms with Crippen LogP contribution in [-0.4, -0.2) is 26.5 Å². The van der Waals surface area contributed by atoms with Crippen molar-refractivity contribution in [2.75, 3.05) is 6.61 Å². The lowest BCUT2D eigenvalue weighted by Gasteiger charge is -1.92. The third-order valence-electron chi connectivity index (χ3n) is 1.21. The molecule has 63 valence electrons. The van der Waals surface area contributed by atoms with Crippen LogP contribution in [0.25, 0.3) is 0 Å². The lowest BCUT2D eigenvalue weighted by Crippen LogP contribution is -1.96. The molecule has 0 aromatic carbocycles. The summed E-state index contributed by atoms with van der Waals surface area (Å²) >= 11 is 0. The Morgan fingerprint density at radius 3 is 3.00 bits per heavy atom. The number of nitrogens with zero attached hydrogens (tertiary/aromatic N) is 1. The highest BCUT2D eigenvalue weighted by Gasteiger charge is 1.98. The molecule has 1 aromatic rings. The maximum atomic E-state index is 9.73. The van der Waals surface area contributed by atoms with Crippen LogP contribution in [0.3, 0.4) is 0 Å². The Balaban J connectivity index is 0.00000121. The fourth-order valence-corrected chi connectivity index (χ4v) is 0.735. The fourth-order valence-electron chi connectivity index (χ4n) is 0.735. The fraction of sp³-hybridized carbons (Fsp3) is 0.429. The van der Waals surface area contributed by atoms with Gasteiger partial charge in [-0.1, -0.05) is 0 Å². The average molecular weight is 166 g/mol. The van der Waals surface area contributed by atoms with E-state index in [1.807, 2.05) is 0 Å². The number of carbonyl (C=O) groups is 1. The molecule has 0 bridgehead atoms. The summed E-state index contributed by atoms with van der Waals surface area (Å²) in [5.74, 6) is 0.631. The number of hydrogen-bond acceptors (Lipinski definition) is 4. The molecule has 0 aliphatic carbocycles. The first-order valence-electron chi connectivity index (χ1n) is 3.29. The predicted molar refractivity (Wildman–Crippen MR) is 42.7 cm³/mol. The van der Waals surface area contributed by atoms with Crippen LogP contribution in [0.5, 0.6) is 0 Å². The van der Waals surface area contributed by atoms with Crippen molar-refractivity contribution in [3.8, 4) is 0 Å². The largest absolute Gasteiger partial charge is 0.467 e. The van der Waals surface area contributed by atoms with Gasteiger partial charge in [0.1, 0.15) is 6.26 Å². The van der Waals surface area contributed by atoms with E-state index in [0.29, 0.717) is 25.4 Å². The molecule has 0 unspecified atom stereocenters. The van der Waals surface area contributed by atoms with Gasteiger partial charge >= 0.3 is 0 Å². The first kappa shape index (κ1) is 10.7. The van der Waals surface area contributed by atoms with Gasteiger partial charge in [0.15, 0.2) is 5.89 Å². The molecule has 0 aliphatic rings. The normalized spacial score (nSPS) is 8.75. The van der Waals surface area contributed by atoms with Crippen molar-refractivity contribution in [1.82, 2.24) is 4.98 Å². The highest BCUT2D eigenvalue weighted by molar-refractivity contribution is 5.75. The molecule has 5 heteroatoms. The minimum absolute atomic E-state index is 0. The number of aromatic nitrogens is 1. The van der Waals surface area contributed by atoms with Crippen molar-refractivity contribution in [3.63, 3.8) is 0 Å². The van der Waals surface area contributed by atoms with E-state index in [0.717, 1.165) is 5.69 Å². The molecule has 0 amide bonds. The van der Waals surface area contributed by atoms with Crippen LogP contribution in [0, 0.1) is 6.92 Å². The highest BCUT2D eigenvalue weighted by Crippen LogP contribution is 2.00. The first-order chi connectivity index (χ1) is 5.33. The van der Waals surface area contributed by atoms with Crippen molar-refractivity contribution < 1.29 is 13.9 Å². The molecule has 0 saturated carbocycles. The summed E-state index contributed by atoms with van der Waals surface area (Å²) in [4.78, 5) is 13.8.